The summed E-state index contributed by atoms with van der Waals surface area (Å²) in [4.78, 5) is 26.5. The smallest absolute Gasteiger partial charge is 0.286 e. The number of rotatable bonds is 3. The van der Waals surface area contributed by atoms with E-state index in [9.17, 15) is 9.59 Å². The number of ether oxygens (including phenoxy) is 1. The first-order valence-electron chi connectivity index (χ1n) is 5.79. The lowest BCUT2D eigenvalue weighted by Crippen LogP contribution is -2.41. The van der Waals surface area contributed by atoms with Crippen LogP contribution in [0.5, 0.6) is 5.75 Å². The highest BCUT2D eigenvalue weighted by Gasteiger charge is 2.14. The van der Waals surface area contributed by atoms with E-state index in [-0.39, 0.29) is 5.56 Å². The van der Waals surface area contributed by atoms with E-state index in [2.05, 4.69) is 31.8 Å². The Morgan fingerprint density at radius 3 is 2.57 bits per heavy atom. The molecule has 0 radical (unpaired) electrons. The summed E-state index contributed by atoms with van der Waals surface area (Å²) in [6.07, 6.45) is 1.61. The Kier molecular flexibility index (Phi) is 4.87. The lowest BCUT2D eigenvalue weighted by Gasteiger charge is -2.10. The summed E-state index contributed by atoms with van der Waals surface area (Å²) >= 11 is 9.04. The summed E-state index contributed by atoms with van der Waals surface area (Å²) in [6, 6.07) is 6.17. The van der Waals surface area contributed by atoms with Crippen molar-refractivity contribution in [3.8, 4) is 5.75 Å². The maximum atomic E-state index is 12.0. The molecule has 2 amide bonds. The number of amides is 2. The highest BCUT2D eigenvalue weighted by Crippen LogP contribution is 2.22. The van der Waals surface area contributed by atoms with Gasteiger partial charge in [-0.1, -0.05) is 11.6 Å². The molecule has 1 aromatic heterocycles. The van der Waals surface area contributed by atoms with Gasteiger partial charge in [0.1, 0.15) is 11.4 Å². The lowest BCUT2D eigenvalue weighted by molar-refractivity contribution is 0.0842. The number of halogens is 2. The molecule has 1 aromatic carbocycles. The van der Waals surface area contributed by atoms with Crippen LogP contribution in [-0.4, -0.2) is 23.9 Å². The predicted octanol–water partition coefficient (Wildman–Crippen LogP) is 2.51. The zero-order valence-electron chi connectivity index (χ0n) is 10.9. The Balaban J connectivity index is 2.03. The Labute approximate surface area is 133 Å². The highest BCUT2D eigenvalue weighted by atomic mass is 79.9. The van der Waals surface area contributed by atoms with Gasteiger partial charge in [-0.05, 0) is 40.2 Å². The van der Waals surface area contributed by atoms with Crippen LogP contribution < -0.4 is 15.6 Å². The van der Waals surface area contributed by atoms with E-state index >= 15 is 0 Å². The molecule has 6 nitrogen and oxygen atoms in total. The van der Waals surface area contributed by atoms with E-state index in [0.717, 1.165) is 4.47 Å². The molecule has 0 bridgehead atoms. The molecule has 0 fully saturated rings. The molecule has 0 saturated carbocycles. The first kappa shape index (κ1) is 15.4. The molecule has 0 aliphatic carbocycles. The Morgan fingerprint density at radius 1 is 1.24 bits per heavy atom. The fraction of sp³-hybridized carbons (Fsp3) is 0.0769. The van der Waals surface area contributed by atoms with Gasteiger partial charge >= 0.3 is 0 Å². The second kappa shape index (κ2) is 6.64. The summed E-state index contributed by atoms with van der Waals surface area (Å²) in [6.45, 7) is 0. The molecule has 0 atom stereocenters. The maximum absolute atomic E-state index is 12.0. The summed E-state index contributed by atoms with van der Waals surface area (Å²) in [7, 11) is 1.43. The first-order valence-corrected chi connectivity index (χ1v) is 6.96. The van der Waals surface area contributed by atoms with E-state index in [1.807, 2.05) is 0 Å². The van der Waals surface area contributed by atoms with Crippen molar-refractivity contribution in [1.82, 2.24) is 15.8 Å². The van der Waals surface area contributed by atoms with Gasteiger partial charge in [-0.2, -0.15) is 0 Å². The van der Waals surface area contributed by atoms with E-state index in [0.29, 0.717) is 16.5 Å². The number of hydrogen-bond donors (Lipinski definition) is 3. The van der Waals surface area contributed by atoms with Crippen LogP contribution in [0, 0.1) is 0 Å². The van der Waals surface area contributed by atoms with E-state index in [4.69, 9.17) is 16.3 Å². The third-order valence-corrected chi connectivity index (χ3v) is 3.28. The van der Waals surface area contributed by atoms with Crippen molar-refractivity contribution < 1.29 is 14.3 Å². The quantitative estimate of drug-likeness (QED) is 0.724. The van der Waals surface area contributed by atoms with Gasteiger partial charge in [0.2, 0.25) is 0 Å². The number of benzene rings is 1. The van der Waals surface area contributed by atoms with Crippen molar-refractivity contribution in [1.29, 1.82) is 0 Å². The number of methoxy groups -OCH3 is 1. The van der Waals surface area contributed by atoms with Crippen molar-refractivity contribution in [3.05, 3.63) is 51.2 Å². The first-order chi connectivity index (χ1) is 10.0. The summed E-state index contributed by atoms with van der Waals surface area (Å²) < 4.78 is 5.81. The van der Waals surface area contributed by atoms with Crippen LogP contribution in [0.3, 0.4) is 0 Å². The number of aromatic nitrogens is 1. The van der Waals surface area contributed by atoms with E-state index in [1.54, 1.807) is 18.3 Å². The average Bonchev–Trinajstić information content (AvgIpc) is 2.90. The van der Waals surface area contributed by atoms with Crippen LogP contribution in [0.1, 0.15) is 20.8 Å². The molecule has 110 valence electrons. The summed E-state index contributed by atoms with van der Waals surface area (Å²) in [5.74, 6) is -0.665. The Bertz CT molecular complexity index is 687. The zero-order chi connectivity index (χ0) is 15.4. The van der Waals surface area contributed by atoms with Gasteiger partial charge in [0.05, 0.1) is 12.7 Å². The van der Waals surface area contributed by atoms with Gasteiger partial charge in [0.25, 0.3) is 11.8 Å². The summed E-state index contributed by atoms with van der Waals surface area (Å²) in [5.41, 5.74) is 5.17. The molecule has 2 aromatic rings. The minimum Gasteiger partial charge on any atom is -0.496 e. The second-order valence-electron chi connectivity index (χ2n) is 3.98. The highest BCUT2D eigenvalue weighted by molar-refractivity contribution is 9.10. The van der Waals surface area contributed by atoms with Crippen molar-refractivity contribution in [2.24, 2.45) is 0 Å². The third kappa shape index (κ3) is 3.77. The largest absolute Gasteiger partial charge is 0.496 e. The van der Waals surface area contributed by atoms with Crippen molar-refractivity contribution >= 4 is 39.3 Å². The standard InChI is InChI=1S/C13H11BrClN3O3/c1-21-11-5-8(15)2-3-9(11)12(19)17-18-13(20)10-4-7(14)6-16-10/h2-6,16H,1H3,(H,17,19)(H,18,20). The third-order valence-electron chi connectivity index (χ3n) is 2.59. The summed E-state index contributed by atoms with van der Waals surface area (Å²) in [5, 5.41) is 0.448. The van der Waals surface area contributed by atoms with Crippen molar-refractivity contribution in [2.45, 2.75) is 0 Å². The van der Waals surface area contributed by atoms with Crippen LogP contribution in [-0.2, 0) is 0 Å². The van der Waals surface area contributed by atoms with Crippen molar-refractivity contribution in [2.75, 3.05) is 7.11 Å². The van der Waals surface area contributed by atoms with Gasteiger partial charge < -0.3 is 9.72 Å². The lowest BCUT2D eigenvalue weighted by atomic mass is 10.2. The normalized spacial score (nSPS) is 10.0. The molecular formula is C13H11BrClN3O3. The Morgan fingerprint density at radius 2 is 1.95 bits per heavy atom. The van der Waals surface area contributed by atoms with Gasteiger partial charge in [-0.15, -0.1) is 0 Å². The molecule has 2 rings (SSSR count). The molecule has 0 aliphatic rings. The molecule has 0 spiro atoms. The van der Waals surface area contributed by atoms with Crippen LogP contribution in [0.2, 0.25) is 5.02 Å². The Hall–Kier alpha value is -1.99. The molecule has 8 heteroatoms. The van der Waals surface area contributed by atoms with Gasteiger partial charge in [-0.25, -0.2) is 0 Å². The minimum absolute atomic E-state index is 0.259. The van der Waals surface area contributed by atoms with Crippen molar-refractivity contribution in [3.63, 3.8) is 0 Å². The maximum Gasteiger partial charge on any atom is 0.286 e. The fourth-order valence-electron chi connectivity index (χ4n) is 1.60. The van der Waals surface area contributed by atoms with E-state index < -0.39 is 11.8 Å². The SMILES string of the molecule is COc1cc(Cl)ccc1C(=O)NNC(=O)c1cc(Br)c[nH]1. The number of hydrogen-bond acceptors (Lipinski definition) is 3. The van der Waals surface area contributed by atoms with Gasteiger partial charge in [0, 0.05) is 15.7 Å². The topological polar surface area (TPSA) is 83.2 Å². The fourth-order valence-corrected chi connectivity index (χ4v) is 2.11. The number of carbonyl (C=O) groups excluding carboxylic acids is 2. The average molecular weight is 373 g/mol. The molecule has 1 heterocycles. The van der Waals surface area contributed by atoms with Gasteiger partial charge in [0.15, 0.2) is 0 Å². The molecule has 3 N–H and O–H groups in total. The van der Waals surface area contributed by atoms with E-state index in [1.165, 1.54) is 19.2 Å². The van der Waals surface area contributed by atoms with Gasteiger partial charge in [-0.3, -0.25) is 20.4 Å². The number of carbonyl (C=O) groups is 2. The monoisotopic (exact) mass is 371 g/mol. The molecule has 0 saturated heterocycles. The molecular weight excluding hydrogens is 362 g/mol. The molecule has 21 heavy (non-hydrogen) atoms. The zero-order valence-corrected chi connectivity index (χ0v) is 13.2. The molecule has 0 unspecified atom stereocenters. The predicted molar refractivity (Wildman–Crippen MR) is 81.4 cm³/mol. The van der Waals surface area contributed by atoms with Crippen LogP contribution >= 0.6 is 27.5 Å². The van der Waals surface area contributed by atoms with Crippen LogP contribution in [0.15, 0.2) is 34.9 Å². The number of H-pyrrole nitrogens is 1. The number of nitrogens with one attached hydrogen (secondary N) is 3. The number of aromatic amines is 1. The van der Waals surface area contributed by atoms with Crippen LogP contribution in [0.25, 0.3) is 0 Å². The second-order valence-corrected chi connectivity index (χ2v) is 5.34. The molecule has 0 aliphatic heterocycles. The number of hydrazine groups is 1. The minimum atomic E-state index is -0.512. The van der Waals surface area contributed by atoms with Crippen LogP contribution in [0.4, 0.5) is 0 Å².